The molecule has 0 unspecified atom stereocenters. The van der Waals surface area contributed by atoms with Gasteiger partial charge in [0.05, 0.1) is 7.11 Å². The fourth-order valence-corrected chi connectivity index (χ4v) is 0.813. The third-order valence-electron chi connectivity index (χ3n) is 1.32. The molecule has 58 valence electrons. The Morgan fingerprint density at radius 3 is 2.64 bits per heavy atom. The molecule has 0 aromatic heterocycles. The first-order valence-corrected chi connectivity index (χ1v) is 3.44. The molecule has 0 bridgehead atoms. The van der Waals surface area contributed by atoms with Gasteiger partial charge in [-0.1, -0.05) is 6.92 Å². The van der Waals surface area contributed by atoms with Crippen molar-refractivity contribution in [2.24, 2.45) is 0 Å². The van der Waals surface area contributed by atoms with Gasteiger partial charge in [-0.3, -0.25) is 0 Å². The van der Waals surface area contributed by atoms with Crippen molar-refractivity contribution in [3.63, 3.8) is 0 Å². The molecule has 1 rings (SSSR count). The topological polar surface area (TPSA) is 9.23 Å². The molecule has 0 aliphatic carbocycles. The normalized spacial score (nSPS) is 8.64. The molecule has 0 atom stereocenters. The van der Waals surface area contributed by atoms with Crippen LogP contribution in [0.25, 0.3) is 0 Å². The minimum Gasteiger partial charge on any atom is -0.523 e. The van der Waals surface area contributed by atoms with E-state index in [-0.39, 0.29) is 21.1 Å². The maximum absolute atomic E-state index is 4.96. The number of benzene rings is 1. The zero-order chi connectivity index (χ0) is 7.56. The second-order valence-electron chi connectivity index (χ2n) is 2.07. The van der Waals surface area contributed by atoms with E-state index < -0.39 is 0 Å². The number of ether oxygens (including phenoxy) is 1. The van der Waals surface area contributed by atoms with E-state index >= 15 is 0 Å². The van der Waals surface area contributed by atoms with Gasteiger partial charge >= 0.3 is 21.1 Å². The van der Waals surface area contributed by atoms with Gasteiger partial charge in [0, 0.05) is 5.75 Å². The molecule has 3 heteroatoms. The van der Waals surface area contributed by atoms with E-state index in [4.69, 9.17) is 4.74 Å². The van der Waals surface area contributed by atoms with Crippen LogP contribution in [-0.2, 0) is 21.1 Å². The quantitative estimate of drug-likeness (QED) is 0.610. The molecule has 0 heterocycles. The minimum atomic E-state index is 0. The van der Waals surface area contributed by atoms with E-state index in [2.05, 4.69) is 18.7 Å². The third kappa shape index (κ3) is 2.88. The first kappa shape index (κ1) is 11.1. The van der Waals surface area contributed by atoms with Crippen LogP contribution in [0.2, 0.25) is 0 Å². The molecule has 0 amide bonds. The second-order valence-corrected chi connectivity index (χ2v) is 2.55. The molecule has 0 spiro atoms. The van der Waals surface area contributed by atoms with Gasteiger partial charge in [0.2, 0.25) is 0 Å². The van der Waals surface area contributed by atoms with Gasteiger partial charge in [-0.05, 0) is 0 Å². The number of rotatable bonds is 1. The van der Waals surface area contributed by atoms with Gasteiger partial charge in [0.1, 0.15) is 0 Å². The number of hydrogen-bond acceptors (Lipinski definition) is 2. The molecule has 1 nitrogen and oxygen atoms in total. The summed E-state index contributed by atoms with van der Waals surface area (Å²) >= 11 is 4.20. The van der Waals surface area contributed by atoms with Crippen molar-refractivity contribution in [1.82, 2.24) is 0 Å². The van der Waals surface area contributed by atoms with Crippen LogP contribution in [0.15, 0.2) is 17.0 Å². The fourth-order valence-electron chi connectivity index (χ4n) is 0.683. The predicted molar refractivity (Wildman–Crippen MR) is 43.8 cm³/mol. The van der Waals surface area contributed by atoms with Crippen LogP contribution in [0.1, 0.15) is 5.56 Å². The van der Waals surface area contributed by atoms with Crippen molar-refractivity contribution in [2.75, 3.05) is 7.11 Å². The van der Waals surface area contributed by atoms with Crippen LogP contribution in [0.3, 0.4) is 0 Å². The number of thiol groups is 1. The summed E-state index contributed by atoms with van der Waals surface area (Å²) in [4.78, 5) is 0.945. The van der Waals surface area contributed by atoms with Crippen LogP contribution in [0.5, 0.6) is 5.75 Å². The summed E-state index contributed by atoms with van der Waals surface area (Å²) in [5.74, 6) is 0.760. The predicted octanol–water partition coefficient (Wildman–Crippen LogP) is 2.09. The minimum absolute atomic E-state index is 0. The maximum Gasteiger partial charge on any atom is 2.00 e. The van der Waals surface area contributed by atoms with Crippen molar-refractivity contribution in [3.8, 4) is 5.75 Å². The van der Waals surface area contributed by atoms with E-state index in [1.807, 2.05) is 13.0 Å². The van der Waals surface area contributed by atoms with Crippen LogP contribution in [0, 0.1) is 13.0 Å². The average molecular weight is 337 g/mol. The van der Waals surface area contributed by atoms with Gasteiger partial charge in [-0.25, -0.2) is 12.6 Å². The van der Waals surface area contributed by atoms with Gasteiger partial charge < -0.3 is 4.74 Å². The molecule has 0 saturated carbocycles. The van der Waals surface area contributed by atoms with Crippen molar-refractivity contribution < 1.29 is 25.8 Å². The zero-order valence-corrected chi connectivity index (χ0v) is 10.2. The molecule has 0 fully saturated rings. The summed E-state index contributed by atoms with van der Waals surface area (Å²) in [6.07, 6.45) is 0. The number of methoxy groups -OCH3 is 1. The molecule has 1 aromatic carbocycles. The summed E-state index contributed by atoms with van der Waals surface area (Å²) < 4.78 is 4.96. The SMILES string of the molecule is COc1[c-]cc(S)c(C)c1.[W+2]. The summed E-state index contributed by atoms with van der Waals surface area (Å²) in [5, 5.41) is 0. The van der Waals surface area contributed by atoms with Crippen LogP contribution >= 0.6 is 12.6 Å². The Morgan fingerprint density at radius 2 is 2.18 bits per heavy atom. The van der Waals surface area contributed by atoms with Crippen LogP contribution in [-0.4, -0.2) is 7.11 Å². The van der Waals surface area contributed by atoms with Crippen LogP contribution in [0.4, 0.5) is 0 Å². The van der Waals surface area contributed by atoms with Crippen molar-refractivity contribution >= 4 is 12.6 Å². The zero-order valence-electron chi connectivity index (χ0n) is 6.42. The summed E-state index contributed by atoms with van der Waals surface area (Å²) in [6.45, 7) is 1.98. The molecule has 0 radical (unpaired) electrons. The molecule has 1 aromatic rings. The summed E-state index contributed by atoms with van der Waals surface area (Å²) in [5.41, 5.74) is 1.11. The fraction of sp³-hybridized carbons (Fsp3) is 0.250. The van der Waals surface area contributed by atoms with Crippen molar-refractivity contribution in [2.45, 2.75) is 11.8 Å². The van der Waals surface area contributed by atoms with E-state index in [9.17, 15) is 0 Å². The average Bonchev–Trinajstić information content (AvgIpc) is 1.95. The van der Waals surface area contributed by atoms with E-state index in [1.54, 1.807) is 13.2 Å². The Kier molecular flexibility index (Phi) is 4.87. The van der Waals surface area contributed by atoms with E-state index in [0.29, 0.717) is 0 Å². The molecular formula is C8H9OSW+. The monoisotopic (exact) mass is 337 g/mol. The van der Waals surface area contributed by atoms with Crippen LogP contribution < -0.4 is 4.74 Å². The summed E-state index contributed by atoms with van der Waals surface area (Å²) in [6, 6.07) is 6.64. The standard InChI is InChI=1S/C8H9OS.W/c1-6-5-7(9-2)3-4-8(6)10;/h4-5,10H,1-2H3;/q-1;+2. The van der Waals surface area contributed by atoms with Gasteiger partial charge in [0.25, 0.3) is 0 Å². The molecule has 0 N–H and O–H groups in total. The van der Waals surface area contributed by atoms with Gasteiger partial charge in [-0.15, -0.1) is 22.6 Å². The smallest absolute Gasteiger partial charge is 0.523 e. The first-order chi connectivity index (χ1) is 4.74. The molecule has 0 aliphatic heterocycles. The number of hydrogen-bond donors (Lipinski definition) is 1. The van der Waals surface area contributed by atoms with E-state index in [0.717, 1.165) is 16.2 Å². The Balaban J connectivity index is 0.000001000. The summed E-state index contributed by atoms with van der Waals surface area (Å²) in [7, 11) is 1.63. The van der Waals surface area contributed by atoms with Crippen molar-refractivity contribution in [3.05, 3.63) is 23.8 Å². The molecule has 0 saturated heterocycles. The molecule has 0 aliphatic rings. The largest absolute Gasteiger partial charge is 2.00 e. The molecule has 11 heavy (non-hydrogen) atoms. The van der Waals surface area contributed by atoms with Gasteiger partial charge in [-0.2, -0.15) is 6.07 Å². The molecular weight excluding hydrogens is 328 g/mol. The number of aryl methyl sites for hydroxylation is 1. The second kappa shape index (κ2) is 4.84. The Morgan fingerprint density at radius 1 is 1.55 bits per heavy atom. The van der Waals surface area contributed by atoms with E-state index in [1.165, 1.54) is 0 Å². The Bertz CT molecular complexity index is 238. The van der Waals surface area contributed by atoms with Crippen molar-refractivity contribution in [1.29, 1.82) is 0 Å². The maximum atomic E-state index is 4.96. The Labute approximate surface area is 86.8 Å². The Hall–Kier alpha value is 0.0583. The first-order valence-electron chi connectivity index (χ1n) is 2.99. The third-order valence-corrected chi connectivity index (χ3v) is 1.80. The van der Waals surface area contributed by atoms with Gasteiger partial charge in [0.15, 0.2) is 0 Å².